The molecule has 0 aromatic heterocycles. The fourth-order valence-corrected chi connectivity index (χ4v) is 6.84. The summed E-state index contributed by atoms with van der Waals surface area (Å²) < 4.78 is 24.8. The molecule has 2 aliphatic rings. The number of para-hydroxylation sites is 4. The topological polar surface area (TPSA) is 66.0 Å². The van der Waals surface area contributed by atoms with Gasteiger partial charge in [-0.3, -0.25) is 0 Å². The van der Waals surface area contributed by atoms with Crippen LogP contribution in [0.1, 0.15) is 13.3 Å². The normalized spacial score (nSPS) is 19.5. The second-order valence-electron chi connectivity index (χ2n) is 5.97. The maximum absolute atomic E-state index is 11.1. The van der Waals surface area contributed by atoms with Gasteiger partial charge in [0.05, 0.1) is 0 Å². The standard InChI is InChI=1S/C17H18NO5Si/c1-13(19)18-11-6-12-24(20-14-7-2-3-8-15(14)21-24)22-16-9-4-5-10-17(16)23-24/h2-5,7-10H,6,11-12H2,1H3,(H,18,19)/q-1. The summed E-state index contributed by atoms with van der Waals surface area (Å²) in [5.41, 5.74) is 0. The molecule has 126 valence electrons. The second kappa shape index (κ2) is 5.17. The van der Waals surface area contributed by atoms with Gasteiger partial charge in [0.25, 0.3) is 0 Å². The summed E-state index contributed by atoms with van der Waals surface area (Å²) in [7, 11) is -4.14. The fraction of sp³-hybridized carbons (Fsp3) is 0.235. The van der Waals surface area contributed by atoms with Crippen molar-refractivity contribution >= 4 is 14.2 Å². The van der Waals surface area contributed by atoms with E-state index >= 15 is 0 Å². The van der Waals surface area contributed by atoms with Crippen LogP contribution in [0.2, 0.25) is 6.04 Å². The zero-order valence-electron chi connectivity index (χ0n) is 13.3. The first-order valence-electron chi connectivity index (χ1n) is 7.95. The van der Waals surface area contributed by atoms with Crippen LogP contribution in [0, 0.1) is 0 Å². The monoisotopic (exact) mass is 344 g/mol. The van der Waals surface area contributed by atoms with Crippen LogP contribution in [-0.4, -0.2) is 20.8 Å². The molecule has 0 aliphatic carbocycles. The van der Waals surface area contributed by atoms with Crippen LogP contribution in [0.4, 0.5) is 0 Å². The molecule has 2 aliphatic heterocycles. The van der Waals surface area contributed by atoms with Crippen LogP contribution in [0.5, 0.6) is 23.0 Å². The van der Waals surface area contributed by atoms with Crippen molar-refractivity contribution in [3.63, 3.8) is 0 Å². The van der Waals surface area contributed by atoms with Crippen molar-refractivity contribution in [2.24, 2.45) is 0 Å². The molecule has 0 unspecified atom stereocenters. The van der Waals surface area contributed by atoms with Gasteiger partial charge in [0.2, 0.25) is 0 Å². The summed E-state index contributed by atoms with van der Waals surface area (Å²) in [6.45, 7) is 1.99. The van der Waals surface area contributed by atoms with Gasteiger partial charge in [-0.05, 0) is 0 Å². The van der Waals surface area contributed by atoms with Crippen molar-refractivity contribution in [2.45, 2.75) is 19.4 Å². The minimum absolute atomic E-state index is 0.0713. The SMILES string of the molecule is CC(=O)NCCC[Si-]12(Oc3ccccc3O1)Oc1ccccc1O2. The minimum atomic E-state index is -4.14. The molecule has 0 fully saturated rings. The Labute approximate surface area is 140 Å². The number of rotatable bonds is 4. The zero-order chi connectivity index (χ0) is 16.6. The third-order valence-corrected chi connectivity index (χ3v) is 7.69. The first-order chi connectivity index (χ1) is 11.6. The Morgan fingerprint density at radius 3 is 1.67 bits per heavy atom. The van der Waals surface area contributed by atoms with Gasteiger partial charge in [0.1, 0.15) is 0 Å². The van der Waals surface area contributed by atoms with Gasteiger partial charge in [0, 0.05) is 0 Å². The second-order valence-corrected chi connectivity index (χ2v) is 9.44. The van der Waals surface area contributed by atoms with Crippen molar-refractivity contribution in [1.82, 2.24) is 5.32 Å². The number of carbonyl (C=O) groups excluding carboxylic acids is 1. The summed E-state index contributed by atoms with van der Waals surface area (Å²) in [6.07, 6.45) is 0.620. The van der Waals surface area contributed by atoms with Crippen LogP contribution in [-0.2, 0) is 4.79 Å². The van der Waals surface area contributed by atoms with Crippen molar-refractivity contribution < 1.29 is 22.5 Å². The molecule has 7 heteroatoms. The van der Waals surface area contributed by atoms with Crippen LogP contribution in [0.15, 0.2) is 48.5 Å². The summed E-state index contributed by atoms with van der Waals surface area (Å²) >= 11 is 0. The average Bonchev–Trinajstić information content (AvgIpc) is 3.06. The van der Waals surface area contributed by atoms with E-state index in [1.165, 1.54) is 6.92 Å². The Morgan fingerprint density at radius 1 is 0.875 bits per heavy atom. The average molecular weight is 344 g/mol. The van der Waals surface area contributed by atoms with Crippen LogP contribution >= 0.6 is 0 Å². The van der Waals surface area contributed by atoms with Gasteiger partial charge >= 0.3 is 140 Å². The molecule has 4 rings (SSSR count). The molecule has 0 bridgehead atoms. The molecule has 0 saturated heterocycles. The molecule has 6 nitrogen and oxygen atoms in total. The molecule has 24 heavy (non-hydrogen) atoms. The predicted molar refractivity (Wildman–Crippen MR) is 89.3 cm³/mol. The number of hydrogen-bond donors (Lipinski definition) is 1. The van der Waals surface area contributed by atoms with Gasteiger partial charge in [-0.2, -0.15) is 0 Å². The molecule has 1 N–H and O–H groups in total. The Morgan fingerprint density at radius 2 is 1.29 bits per heavy atom. The van der Waals surface area contributed by atoms with E-state index in [2.05, 4.69) is 5.32 Å². The van der Waals surface area contributed by atoms with E-state index in [0.29, 0.717) is 42.0 Å². The molecular weight excluding hydrogens is 326 g/mol. The Balaban J connectivity index is 1.64. The Hall–Kier alpha value is -2.67. The third-order valence-electron chi connectivity index (χ3n) is 4.06. The van der Waals surface area contributed by atoms with Crippen molar-refractivity contribution in [3.8, 4) is 23.0 Å². The molecule has 0 radical (unpaired) electrons. The molecule has 1 spiro atoms. The van der Waals surface area contributed by atoms with E-state index < -0.39 is 8.33 Å². The van der Waals surface area contributed by atoms with Gasteiger partial charge in [0.15, 0.2) is 0 Å². The van der Waals surface area contributed by atoms with Gasteiger partial charge < -0.3 is 0 Å². The Kier molecular flexibility index (Phi) is 3.21. The van der Waals surface area contributed by atoms with Crippen molar-refractivity contribution in [3.05, 3.63) is 48.5 Å². The maximum atomic E-state index is 11.1. The summed E-state index contributed by atoms with van der Waals surface area (Å²) in [4.78, 5) is 11.1. The molecule has 0 atom stereocenters. The third kappa shape index (κ3) is 2.37. The number of nitrogens with one attached hydrogen (secondary N) is 1. The van der Waals surface area contributed by atoms with Gasteiger partial charge in [-0.15, -0.1) is 0 Å². The molecule has 0 saturated carbocycles. The van der Waals surface area contributed by atoms with E-state index in [1.807, 2.05) is 48.5 Å². The first-order valence-corrected chi connectivity index (χ1v) is 10.3. The molecule has 2 aromatic rings. The zero-order valence-corrected chi connectivity index (χ0v) is 14.3. The quantitative estimate of drug-likeness (QED) is 0.682. The van der Waals surface area contributed by atoms with Gasteiger partial charge in [-0.25, -0.2) is 0 Å². The van der Waals surface area contributed by atoms with Gasteiger partial charge in [-0.1, -0.05) is 0 Å². The molecule has 2 heterocycles. The number of amides is 1. The number of fused-ring (bicyclic) bond motifs is 2. The first kappa shape index (κ1) is 14.9. The van der Waals surface area contributed by atoms with Crippen LogP contribution in [0.3, 0.4) is 0 Å². The van der Waals surface area contributed by atoms with Crippen LogP contribution < -0.4 is 23.0 Å². The summed E-state index contributed by atoms with van der Waals surface area (Å²) in [6, 6.07) is 15.3. The summed E-state index contributed by atoms with van der Waals surface area (Å²) in [5.74, 6) is 2.42. The molecule has 2 aromatic carbocycles. The van der Waals surface area contributed by atoms with Crippen LogP contribution in [0.25, 0.3) is 0 Å². The number of hydrogen-bond acceptors (Lipinski definition) is 5. The van der Waals surface area contributed by atoms with Crippen molar-refractivity contribution in [2.75, 3.05) is 6.54 Å². The van der Waals surface area contributed by atoms with E-state index in [0.717, 1.165) is 0 Å². The molecule has 1 amide bonds. The van der Waals surface area contributed by atoms with E-state index in [4.69, 9.17) is 17.7 Å². The van der Waals surface area contributed by atoms with E-state index in [9.17, 15) is 4.79 Å². The van der Waals surface area contributed by atoms with Crippen molar-refractivity contribution in [1.29, 1.82) is 0 Å². The predicted octanol–water partition coefficient (Wildman–Crippen LogP) is 2.85. The molecular formula is C17H18NO5Si-. The summed E-state index contributed by atoms with van der Waals surface area (Å²) in [5, 5.41) is 2.78. The van der Waals surface area contributed by atoms with E-state index in [-0.39, 0.29) is 5.91 Å². The number of carbonyl (C=O) groups is 1. The Bertz CT molecular complexity index is 696. The fourth-order valence-electron chi connectivity index (χ4n) is 3.06. The van der Waals surface area contributed by atoms with E-state index in [1.54, 1.807) is 0 Å². The number of benzene rings is 2.